The van der Waals surface area contributed by atoms with Crippen LogP contribution in [0.4, 0.5) is 0 Å². The number of aromatic hydroxyl groups is 1. The van der Waals surface area contributed by atoms with Crippen molar-refractivity contribution in [3.05, 3.63) is 29.8 Å². The maximum atomic E-state index is 10.2. The van der Waals surface area contributed by atoms with Gasteiger partial charge in [-0.2, -0.15) is 0 Å². The molecule has 1 aromatic carbocycles. The van der Waals surface area contributed by atoms with Crippen LogP contribution in [0.2, 0.25) is 0 Å². The minimum Gasteiger partial charge on any atom is -0.508 e. The zero-order valence-corrected chi connectivity index (χ0v) is 14.5. The lowest BCUT2D eigenvalue weighted by molar-refractivity contribution is -0.0770. The van der Waals surface area contributed by atoms with E-state index in [1.54, 1.807) is 6.07 Å². The molecular weight excluding hydrogens is 302 g/mol. The highest BCUT2D eigenvalue weighted by molar-refractivity contribution is 5.32. The molecule has 2 bridgehead atoms. The first-order chi connectivity index (χ1) is 11.8. The van der Waals surface area contributed by atoms with Gasteiger partial charge in [-0.25, -0.2) is 0 Å². The molecule has 2 saturated heterocycles. The SMILES string of the molecule is Oc1ccccc1CN1CCC2CCCC1(CCC1OCCO1)C2. The fourth-order valence-corrected chi connectivity index (χ4v) is 5.01. The Bertz CT molecular complexity index is 558. The Balaban J connectivity index is 1.50. The van der Waals surface area contributed by atoms with Crippen LogP contribution in [0.1, 0.15) is 50.5 Å². The zero-order chi connectivity index (χ0) is 16.4. The molecule has 0 aromatic heterocycles. The second-order valence-corrected chi connectivity index (χ2v) is 7.74. The number of phenolic OH excluding ortho intramolecular Hbond substituents is 1. The maximum absolute atomic E-state index is 10.2. The fourth-order valence-electron chi connectivity index (χ4n) is 5.01. The summed E-state index contributed by atoms with van der Waals surface area (Å²) in [6.07, 6.45) is 8.71. The van der Waals surface area contributed by atoms with Gasteiger partial charge in [0.2, 0.25) is 0 Å². The molecule has 24 heavy (non-hydrogen) atoms. The Morgan fingerprint density at radius 3 is 2.83 bits per heavy atom. The van der Waals surface area contributed by atoms with E-state index in [4.69, 9.17) is 9.47 Å². The Labute approximate surface area is 144 Å². The van der Waals surface area contributed by atoms with E-state index in [0.717, 1.165) is 50.6 Å². The molecule has 0 spiro atoms. The van der Waals surface area contributed by atoms with E-state index < -0.39 is 0 Å². The lowest BCUT2D eigenvalue weighted by Gasteiger charge is -2.53. The summed E-state index contributed by atoms with van der Waals surface area (Å²) in [4.78, 5) is 2.65. The van der Waals surface area contributed by atoms with Crippen LogP contribution in [-0.4, -0.2) is 41.6 Å². The van der Waals surface area contributed by atoms with Crippen molar-refractivity contribution in [3.8, 4) is 5.75 Å². The molecule has 3 aliphatic rings. The Morgan fingerprint density at radius 1 is 1.17 bits per heavy atom. The number of hydrogen-bond donors (Lipinski definition) is 1. The summed E-state index contributed by atoms with van der Waals surface area (Å²) in [6, 6.07) is 7.78. The van der Waals surface area contributed by atoms with Gasteiger partial charge in [-0.05, 0) is 44.2 Å². The van der Waals surface area contributed by atoms with Crippen LogP contribution in [0.25, 0.3) is 0 Å². The van der Waals surface area contributed by atoms with Crippen molar-refractivity contribution in [1.82, 2.24) is 4.90 Å². The fraction of sp³-hybridized carbons (Fsp3) is 0.700. The van der Waals surface area contributed by atoms with Crippen molar-refractivity contribution >= 4 is 0 Å². The van der Waals surface area contributed by atoms with Crippen molar-refractivity contribution in [2.75, 3.05) is 19.8 Å². The van der Waals surface area contributed by atoms with Gasteiger partial charge in [-0.1, -0.05) is 31.0 Å². The smallest absolute Gasteiger partial charge is 0.157 e. The van der Waals surface area contributed by atoms with Gasteiger partial charge >= 0.3 is 0 Å². The van der Waals surface area contributed by atoms with Gasteiger partial charge in [-0.3, -0.25) is 4.90 Å². The molecular formula is C20H29NO3. The molecule has 2 aliphatic heterocycles. The molecule has 1 aromatic rings. The van der Waals surface area contributed by atoms with Crippen molar-refractivity contribution in [1.29, 1.82) is 0 Å². The predicted molar refractivity (Wildman–Crippen MR) is 92.7 cm³/mol. The van der Waals surface area contributed by atoms with E-state index in [9.17, 15) is 5.11 Å². The first-order valence-electron chi connectivity index (χ1n) is 9.50. The van der Waals surface area contributed by atoms with Crippen molar-refractivity contribution in [2.45, 2.75) is 63.3 Å². The third-order valence-electron chi connectivity index (χ3n) is 6.29. The number of rotatable bonds is 5. The number of likely N-dealkylation sites (tertiary alicyclic amines) is 1. The minimum atomic E-state index is -0.00587. The standard InChI is InChI=1S/C20H29NO3/c22-18-6-2-1-5-17(18)15-21-11-8-16-4-3-9-20(21,14-16)10-7-19-23-12-13-24-19/h1-2,5-6,16,19,22H,3-4,7-15H2. The van der Waals surface area contributed by atoms with Crippen LogP contribution in [0.5, 0.6) is 5.75 Å². The lowest BCUT2D eigenvalue weighted by Crippen LogP contribution is -2.55. The molecule has 2 atom stereocenters. The monoisotopic (exact) mass is 331 g/mol. The van der Waals surface area contributed by atoms with Crippen LogP contribution < -0.4 is 0 Å². The van der Waals surface area contributed by atoms with Gasteiger partial charge in [0, 0.05) is 24.1 Å². The number of phenols is 1. The van der Waals surface area contributed by atoms with Gasteiger partial charge in [0.05, 0.1) is 13.2 Å². The van der Waals surface area contributed by atoms with Crippen molar-refractivity contribution < 1.29 is 14.6 Å². The zero-order valence-electron chi connectivity index (χ0n) is 14.5. The molecule has 0 radical (unpaired) electrons. The molecule has 1 aliphatic carbocycles. The van der Waals surface area contributed by atoms with Crippen LogP contribution >= 0.6 is 0 Å². The van der Waals surface area contributed by atoms with Gasteiger partial charge in [0.25, 0.3) is 0 Å². The molecule has 2 unspecified atom stereocenters. The van der Waals surface area contributed by atoms with Crippen LogP contribution in [0.15, 0.2) is 24.3 Å². The molecule has 1 N–H and O–H groups in total. The van der Waals surface area contributed by atoms with E-state index in [1.165, 1.54) is 32.1 Å². The van der Waals surface area contributed by atoms with Crippen LogP contribution in [0, 0.1) is 5.92 Å². The van der Waals surface area contributed by atoms with E-state index in [-0.39, 0.29) is 11.8 Å². The maximum Gasteiger partial charge on any atom is 0.157 e. The minimum absolute atomic E-state index is 0.00587. The summed E-state index contributed by atoms with van der Waals surface area (Å²) < 4.78 is 11.3. The van der Waals surface area contributed by atoms with Gasteiger partial charge < -0.3 is 14.6 Å². The van der Waals surface area contributed by atoms with Crippen molar-refractivity contribution in [3.63, 3.8) is 0 Å². The highest BCUT2D eigenvalue weighted by atomic mass is 16.7. The summed E-state index contributed by atoms with van der Waals surface area (Å²) >= 11 is 0. The van der Waals surface area contributed by atoms with Gasteiger partial charge in [0.1, 0.15) is 5.75 Å². The Kier molecular flexibility index (Phi) is 4.79. The average molecular weight is 331 g/mol. The topological polar surface area (TPSA) is 41.9 Å². The van der Waals surface area contributed by atoms with Crippen LogP contribution in [0.3, 0.4) is 0 Å². The third-order valence-corrected chi connectivity index (χ3v) is 6.29. The molecule has 4 nitrogen and oxygen atoms in total. The van der Waals surface area contributed by atoms with Crippen molar-refractivity contribution in [2.24, 2.45) is 5.92 Å². The normalized spacial score (nSPS) is 31.4. The summed E-state index contributed by atoms with van der Waals surface area (Å²) in [5.41, 5.74) is 1.31. The number of nitrogens with zero attached hydrogens (tertiary/aromatic N) is 1. The molecule has 1 saturated carbocycles. The highest BCUT2D eigenvalue weighted by Gasteiger charge is 2.44. The second kappa shape index (κ2) is 7.03. The van der Waals surface area contributed by atoms with Crippen LogP contribution in [-0.2, 0) is 16.0 Å². The number of fused-ring (bicyclic) bond motifs is 2. The molecule has 0 amide bonds. The number of ether oxygens (including phenoxy) is 2. The first-order valence-corrected chi connectivity index (χ1v) is 9.50. The average Bonchev–Trinajstić information content (AvgIpc) is 3.11. The first kappa shape index (κ1) is 16.4. The number of hydrogen-bond acceptors (Lipinski definition) is 4. The third kappa shape index (κ3) is 3.32. The van der Waals surface area contributed by atoms with Gasteiger partial charge in [-0.15, -0.1) is 0 Å². The lowest BCUT2D eigenvalue weighted by atomic mass is 9.68. The predicted octanol–water partition coefficient (Wildman–Crippen LogP) is 3.68. The van der Waals surface area contributed by atoms with E-state index >= 15 is 0 Å². The molecule has 4 heteroatoms. The second-order valence-electron chi connectivity index (χ2n) is 7.74. The Hall–Kier alpha value is -1.10. The molecule has 4 rings (SSSR count). The summed E-state index contributed by atoms with van der Waals surface area (Å²) in [5.74, 6) is 1.30. The summed E-state index contributed by atoms with van der Waals surface area (Å²) in [7, 11) is 0. The molecule has 132 valence electrons. The quantitative estimate of drug-likeness (QED) is 0.894. The van der Waals surface area contributed by atoms with E-state index in [0.29, 0.717) is 5.75 Å². The molecule has 3 fully saturated rings. The largest absolute Gasteiger partial charge is 0.508 e. The molecule has 2 heterocycles. The van der Waals surface area contributed by atoms with E-state index in [2.05, 4.69) is 11.0 Å². The summed E-state index contributed by atoms with van der Waals surface area (Å²) in [6.45, 7) is 3.47. The summed E-state index contributed by atoms with van der Waals surface area (Å²) in [5, 5.41) is 10.2. The van der Waals surface area contributed by atoms with Gasteiger partial charge in [0.15, 0.2) is 6.29 Å². The number of piperidine rings is 1. The number of para-hydroxylation sites is 1. The highest BCUT2D eigenvalue weighted by Crippen LogP contribution is 2.46. The Morgan fingerprint density at radius 2 is 2.00 bits per heavy atom. The van der Waals surface area contributed by atoms with E-state index in [1.807, 2.05) is 12.1 Å². The number of benzene rings is 1.